The van der Waals surface area contributed by atoms with Crippen molar-refractivity contribution in [3.05, 3.63) is 29.6 Å². The minimum Gasteiger partial charge on any atom is -0.374 e. The minimum absolute atomic E-state index is 0.00670. The Kier molecular flexibility index (Phi) is 2.96. The third-order valence-electron chi connectivity index (χ3n) is 2.80. The van der Waals surface area contributed by atoms with E-state index < -0.39 is 5.82 Å². The molecule has 1 N–H and O–H groups in total. The summed E-state index contributed by atoms with van der Waals surface area (Å²) in [7, 11) is 1.73. The predicted molar refractivity (Wildman–Crippen MR) is 60.8 cm³/mol. The Hall–Kier alpha value is -2.09. The van der Waals surface area contributed by atoms with Crippen LogP contribution in [0.5, 0.6) is 0 Å². The van der Waals surface area contributed by atoms with E-state index >= 15 is 0 Å². The second kappa shape index (κ2) is 4.42. The number of benzene rings is 1. The van der Waals surface area contributed by atoms with Crippen LogP contribution in [0, 0.1) is 17.1 Å². The highest BCUT2D eigenvalue weighted by Gasteiger charge is 2.28. The van der Waals surface area contributed by atoms with Crippen LogP contribution in [0.15, 0.2) is 18.2 Å². The largest absolute Gasteiger partial charge is 0.374 e. The fourth-order valence-electron chi connectivity index (χ4n) is 1.90. The number of nitriles is 1. The highest BCUT2D eigenvalue weighted by atomic mass is 19.1. The Morgan fingerprint density at radius 2 is 2.29 bits per heavy atom. The van der Waals surface area contributed by atoms with E-state index in [4.69, 9.17) is 5.26 Å². The highest BCUT2D eigenvalue weighted by molar-refractivity contribution is 5.86. The van der Waals surface area contributed by atoms with Gasteiger partial charge in [0.1, 0.15) is 11.9 Å². The Morgan fingerprint density at radius 1 is 1.53 bits per heavy atom. The number of nitrogens with zero attached hydrogens (tertiary/aromatic N) is 2. The van der Waals surface area contributed by atoms with Crippen molar-refractivity contribution >= 4 is 11.6 Å². The lowest BCUT2D eigenvalue weighted by Gasteiger charge is -2.13. The topological polar surface area (TPSA) is 56.1 Å². The van der Waals surface area contributed by atoms with Crippen LogP contribution in [0.25, 0.3) is 0 Å². The fourth-order valence-corrected chi connectivity index (χ4v) is 1.90. The number of carbonyl (C=O) groups is 1. The fraction of sp³-hybridized carbons (Fsp3) is 0.333. The first-order chi connectivity index (χ1) is 8.10. The van der Waals surface area contributed by atoms with Crippen molar-refractivity contribution in [1.29, 1.82) is 5.26 Å². The summed E-state index contributed by atoms with van der Waals surface area (Å²) in [5.74, 6) is -0.488. The molecular weight excluding hydrogens is 221 g/mol. The van der Waals surface area contributed by atoms with Gasteiger partial charge in [0.15, 0.2) is 0 Å². The van der Waals surface area contributed by atoms with Crippen molar-refractivity contribution in [1.82, 2.24) is 4.90 Å². The third-order valence-corrected chi connectivity index (χ3v) is 2.80. The second-order valence-corrected chi connectivity index (χ2v) is 4.09. The molecule has 1 amide bonds. The highest BCUT2D eigenvalue weighted by Crippen LogP contribution is 2.18. The number of rotatable bonds is 2. The number of carbonyl (C=O) groups excluding carboxylic acids is 1. The number of anilines is 1. The lowest BCUT2D eigenvalue weighted by atomic mass is 10.2. The Labute approximate surface area is 98.6 Å². The van der Waals surface area contributed by atoms with Gasteiger partial charge in [-0.3, -0.25) is 4.79 Å². The first-order valence-corrected chi connectivity index (χ1v) is 5.32. The van der Waals surface area contributed by atoms with Crippen LogP contribution in [0.3, 0.4) is 0 Å². The number of hydrogen-bond donors (Lipinski definition) is 1. The third kappa shape index (κ3) is 2.36. The van der Waals surface area contributed by atoms with E-state index in [1.165, 1.54) is 12.1 Å². The standard InChI is InChI=1S/C12H12FN3O/c1-16-3-2-11(12(16)17)15-10-5-8(7-14)4-9(13)6-10/h4-6,11,15H,2-3H2,1H3. The summed E-state index contributed by atoms with van der Waals surface area (Å²) in [6.07, 6.45) is 0.688. The Balaban J connectivity index is 2.17. The first-order valence-electron chi connectivity index (χ1n) is 5.32. The van der Waals surface area contributed by atoms with Crippen LogP contribution in [0.2, 0.25) is 0 Å². The monoisotopic (exact) mass is 233 g/mol. The van der Waals surface area contributed by atoms with Gasteiger partial charge >= 0.3 is 0 Å². The van der Waals surface area contributed by atoms with Crippen LogP contribution in [0.1, 0.15) is 12.0 Å². The van der Waals surface area contributed by atoms with E-state index in [1.54, 1.807) is 11.9 Å². The van der Waals surface area contributed by atoms with Crippen LogP contribution >= 0.6 is 0 Å². The number of hydrogen-bond acceptors (Lipinski definition) is 3. The van der Waals surface area contributed by atoms with Gasteiger partial charge in [-0.15, -0.1) is 0 Å². The molecule has 0 aliphatic carbocycles. The van der Waals surface area contributed by atoms with Gasteiger partial charge in [-0.2, -0.15) is 5.26 Å². The number of likely N-dealkylation sites (tertiary alicyclic amines) is 1. The lowest BCUT2D eigenvalue weighted by molar-refractivity contribution is -0.127. The number of likely N-dealkylation sites (N-methyl/N-ethyl adjacent to an activating group) is 1. The van der Waals surface area contributed by atoms with Gasteiger partial charge in [0, 0.05) is 19.3 Å². The van der Waals surface area contributed by atoms with Crippen molar-refractivity contribution in [3.8, 4) is 6.07 Å². The van der Waals surface area contributed by atoms with Gasteiger partial charge in [0.25, 0.3) is 0 Å². The molecule has 0 radical (unpaired) electrons. The zero-order valence-corrected chi connectivity index (χ0v) is 9.40. The number of amides is 1. The average molecular weight is 233 g/mol. The molecule has 0 saturated carbocycles. The molecule has 88 valence electrons. The van der Waals surface area contributed by atoms with Crippen molar-refractivity contribution in [3.63, 3.8) is 0 Å². The van der Waals surface area contributed by atoms with Gasteiger partial charge in [-0.05, 0) is 24.6 Å². The molecule has 1 saturated heterocycles. The number of halogens is 1. The van der Waals surface area contributed by atoms with E-state index in [0.29, 0.717) is 18.7 Å². The zero-order chi connectivity index (χ0) is 12.4. The van der Waals surface area contributed by atoms with Crippen LogP contribution in [0.4, 0.5) is 10.1 Å². The SMILES string of the molecule is CN1CCC(Nc2cc(F)cc(C#N)c2)C1=O. The molecule has 1 atom stereocenters. The molecule has 5 heteroatoms. The van der Waals surface area contributed by atoms with Crippen LogP contribution in [-0.2, 0) is 4.79 Å². The molecule has 1 heterocycles. The summed E-state index contributed by atoms with van der Waals surface area (Å²) < 4.78 is 13.2. The minimum atomic E-state index is -0.481. The maximum Gasteiger partial charge on any atom is 0.244 e. The van der Waals surface area contributed by atoms with E-state index in [1.807, 2.05) is 6.07 Å². The van der Waals surface area contributed by atoms with E-state index in [9.17, 15) is 9.18 Å². The van der Waals surface area contributed by atoms with Gasteiger partial charge in [-0.25, -0.2) is 4.39 Å². The van der Waals surface area contributed by atoms with Crippen molar-refractivity contribution in [2.45, 2.75) is 12.5 Å². The molecule has 1 aromatic rings. The van der Waals surface area contributed by atoms with Crippen LogP contribution < -0.4 is 5.32 Å². The Morgan fingerprint density at radius 3 is 2.88 bits per heavy atom. The molecule has 0 bridgehead atoms. The van der Waals surface area contributed by atoms with Gasteiger partial charge in [0.05, 0.1) is 11.6 Å². The maximum atomic E-state index is 13.2. The van der Waals surface area contributed by atoms with Crippen LogP contribution in [-0.4, -0.2) is 30.4 Å². The molecule has 4 nitrogen and oxygen atoms in total. The quantitative estimate of drug-likeness (QED) is 0.838. The van der Waals surface area contributed by atoms with E-state index in [0.717, 1.165) is 6.07 Å². The summed E-state index contributed by atoms with van der Waals surface area (Å²) in [6.45, 7) is 0.691. The number of nitrogens with one attached hydrogen (secondary N) is 1. The Bertz CT molecular complexity index is 495. The first kappa shape index (κ1) is 11.4. The van der Waals surface area contributed by atoms with Gasteiger partial charge in [-0.1, -0.05) is 0 Å². The lowest BCUT2D eigenvalue weighted by Crippen LogP contribution is -2.30. The van der Waals surface area contributed by atoms with Crippen molar-refractivity contribution in [2.24, 2.45) is 0 Å². The molecule has 0 spiro atoms. The van der Waals surface area contributed by atoms with Gasteiger partial charge < -0.3 is 10.2 Å². The molecule has 1 fully saturated rings. The molecule has 0 aromatic heterocycles. The van der Waals surface area contributed by atoms with E-state index in [-0.39, 0.29) is 17.5 Å². The molecule has 1 aromatic carbocycles. The summed E-state index contributed by atoms with van der Waals surface area (Å²) in [5, 5.41) is 11.7. The van der Waals surface area contributed by atoms with Crippen molar-refractivity contribution < 1.29 is 9.18 Å². The molecule has 1 aliphatic heterocycles. The molecule has 2 rings (SSSR count). The zero-order valence-electron chi connectivity index (χ0n) is 9.40. The smallest absolute Gasteiger partial charge is 0.244 e. The normalized spacial score (nSPS) is 19.2. The summed E-state index contributed by atoms with van der Waals surface area (Å²) in [6, 6.07) is 5.53. The maximum absolute atomic E-state index is 13.2. The summed E-state index contributed by atoms with van der Waals surface area (Å²) in [4.78, 5) is 13.3. The van der Waals surface area contributed by atoms with E-state index in [2.05, 4.69) is 5.32 Å². The molecule has 1 unspecified atom stereocenters. The molecular formula is C12H12FN3O. The summed E-state index contributed by atoms with van der Waals surface area (Å²) in [5.41, 5.74) is 0.710. The van der Waals surface area contributed by atoms with Gasteiger partial charge in [0.2, 0.25) is 5.91 Å². The molecule has 17 heavy (non-hydrogen) atoms. The molecule has 1 aliphatic rings. The average Bonchev–Trinajstić information content (AvgIpc) is 2.60. The summed E-state index contributed by atoms with van der Waals surface area (Å²) >= 11 is 0. The predicted octanol–water partition coefficient (Wildman–Crippen LogP) is 1.34. The van der Waals surface area contributed by atoms with Crippen molar-refractivity contribution in [2.75, 3.05) is 18.9 Å². The second-order valence-electron chi connectivity index (χ2n) is 4.09.